The molecule has 0 aromatic rings. The van der Waals surface area contributed by atoms with E-state index in [0.29, 0.717) is 12.3 Å². The molecule has 0 spiro atoms. The smallest absolute Gasteiger partial charge is 0.327 e. The molecule has 0 aromatic heterocycles. The van der Waals surface area contributed by atoms with Crippen molar-refractivity contribution in [3.8, 4) is 0 Å². The van der Waals surface area contributed by atoms with Crippen molar-refractivity contribution in [3.05, 3.63) is 12.7 Å². The van der Waals surface area contributed by atoms with Gasteiger partial charge >= 0.3 is 12.0 Å². The van der Waals surface area contributed by atoms with E-state index in [4.69, 9.17) is 0 Å². The number of hydrogen-bond acceptors (Lipinski definition) is 3. The summed E-state index contributed by atoms with van der Waals surface area (Å²) in [6.45, 7) is 12.0. The van der Waals surface area contributed by atoms with Crippen molar-refractivity contribution in [1.29, 1.82) is 0 Å². The number of carboxylic acids is 1. The van der Waals surface area contributed by atoms with E-state index < -0.39 is 12.0 Å². The minimum Gasteiger partial charge on any atom is -0.480 e. The molecular weight excluding hydrogens is 288 g/mol. The lowest BCUT2D eigenvalue weighted by atomic mass is 10.1. The molecule has 2 amide bonds. The van der Waals surface area contributed by atoms with Gasteiger partial charge in [-0.1, -0.05) is 19.4 Å². The number of rotatable bonds is 5. The van der Waals surface area contributed by atoms with Crippen molar-refractivity contribution in [2.24, 2.45) is 0 Å². The van der Waals surface area contributed by atoms with E-state index in [9.17, 15) is 14.7 Å². The van der Waals surface area contributed by atoms with Crippen LogP contribution in [-0.4, -0.2) is 56.2 Å². The zero-order chi connectivity index (χ0) is 16.2. The molecule has 1 fully saturated rings. The average Bonchev–Trinajstić information content (AvgIpc) is 2.78. The first-order valence-electron chi connectivity index (χ1n) is 7.29. The summed E-state index contributed by atoms with van der Waals surface area (Å²) in [5.41, 5.74) is -0.377. The van der Waals surface area contributed by atoms with Crippen LogP contribution in [0.15, 0.2) is 12.7 Å². The molecule has 0 radical (unpaired) electrons. The van der Waals surface area contributed by atoms with Crippen molar-refractivity contribution >= 4 is 23.8 Å². The van der Waals surface area contributed by atoms with Crippen LogP contribution in [0, 0.1) is 0 Å². The first kappa shape index (κ1) is 17.9. The molecular formula is C15H26N2O3S. The van der Waals surface area contributed by atoms with Gasteiger partial charge in [0.05, 0.1) is 5.37 Å². The SMILES string of the molecule is C=CCN(C(=O)N1C(CCC)SCC1C(=O)O)C(C)(C)C. The predicted molar refractivity (Wildman–Crippen MR) is 86.5 cm³/mol. The summed E-state index contributed by atoms with van der Waals surface area (Å²) in [5, 5.41) is 9.33. The van der Waals surface area contributed by atoms with Crippen LogP contribution in [0.1, 0.15) is 40.5 Å². The highest BCUT2D eigenvalue weighted by atomic mass is 32.2. The normalized spacial score (nSPS) is 22.2. The predicted octanol–water partition coefficient (Wildman–Crippen LogP) is 3.02. The van der Waals surface area contributed by atoms with E-state index in [1.807, 2.05) is 27.7 Å². The van der Waals surface area contributed by atoms with Crippen LogP contribution in [0.4, 0.5) is 4.79 Å². The highest BCUT2D eigenvalue weighted by Crippen LogP contribution is 2.34. The van der Waals surface area contributed by atoms with Gasteiger partial charge in [0.25, 0.3) is 0 Å². The van der Waals surface area contributed by atoms with Crippen LogP contribution in [0.2, 0.25) is 0 Å². The van der Waals surface area contributed by atoms with Gasteiger partial charge in [-0.3, -0.25) is 4.90 Å². The molecule has 0 saturated carbocycles. The lowest BCUT2D eigenvalue weighted by Gasteiger charge is -2.40. The van der Waals surface area contributed by atoms with Crippen molar-refractivity contribution < 1.29 is 14.7 Å². The molecule has 2 atom stereocenters. The third-order valence-electron chi connectivity index (χ3n) is 3.49. The standard InChI is InChI=1S/C15H26N2O3S/c1-6-8-12-17(11(10-21-12)13(18)19)14(20)16(9-7-2)15(3,4)5/h7,11-12H,2,6,8-10H2,1,3-5H3,(H,18,19). The second-order valence-electron chi connectivity index (χ2n) is 6.19. The Balaban J connectivity index is 3.06. The molecule has 1 aliphatic heterocycles. The zero-order valence-electron chi connectivity index (χ0n) is 13.3. The molecule has 0 aliphatic carbocycles. The van der Waals surface area contributed by atoms with E-state index in [1.165, 1.54) is 0 Å². The van der Waals surface area contributed by atoms with E-state index >= 15 is 0 Å². The molecule has 120 valence electrons. The fourth-order valence-corrected chi connectivity index (χ4v) is 3.89. The molecule has 0 aromatic carbocycles. The highest BCUT2D eigenvalue weighted by Gasteiger charge is 2.44. The fourth-order valence-electron chi connectivity index (χ4n) is 2.39. The average molecular weight is 314 g/mol. The molecule has 0 bridgehead atoms. The zero-order valence-corrected chi connectivity index (χ0v) is 14.2. The van der Waals surface area contributed by atoms with Crippen LogP contribution in [-0.2, 0) is 4.79 Å². The maximum atomic E-state index is 12.9. The van der Waals surface area contributed by atoms with Gasteiger partial charge in [-0.15, -0.1) is 18.3 Å². The summed E-state index contributed by atoms with van der Waals surface area (Å²) in [6, 6.07) is -0.952. The third kappa shape index (κ3) is 4.15. The lowest BCUT2D eigenvalue weighted by Crippen LogP contribution is -2.56. The minimum atomic E-state index is -0.929. The summed E-state index contributed by atoms with van der Waals surface area (Å²) < 4.78 is 0. The largest absolute Gasteiger partial charge is 0.480 e. The molecule has 1 aliphatic rings. The lowest BCUT2D eigenvalue weighted by molar-refractivity contribution is -0.141. The summed E-state index contributed by atoms with van der Waals surface area (Å²) >= 11 is 1.56. The third-order valence-corrected chi connectivity index (χ3v) is 4.84. The molecule has 1 N–H and O–H groups in total. The Kier molecular flexibility index (Phi) is 6.13. The first-order valence-corrected chi connectivity index (χ1v) is 8.34. The summed E-state index contributed by atoms with van der Waals surface area (Å²) in [5.74, 6) is -0.473. The van der Waals surface area contributed by atoms with Crippen LogP contribution < -0.4 is 0 Å². The van der Waals surface area contributed by atoms with Crippen molar-refractivity contribution in [3.63, 3.8) is 0 Å². The second kappa shape index (κ2) is 7.20. The van der Waals surface area contributed by atoms with Gasteiger partial charge in [0.15, 0.2) is 0 Å². The Labute approximate surface area is 131 Å². The van der Waals surface area contributed by atoms with Crippen molar-refractivity contribution in [2.75, 3.05) is 12.3 Å². The van der Waals surface area contributed by atoms with Gasteiger partial charge in [0.2, 0.25) is 0 Å². The minimum absolute atomic E-state index is 0.0572. The Bertz CT molecular complexity index is 406. The number of carbonyl (C=O) groups excluding carboxylic acids is 1. The number of carboxylic acid groups (broad SMARTS) is 1. The first-order chi connectivity index (χ1) is 9.73. The molecule has 5 nitrogen and oxygen atoms in total. The van der Waals surface area contributed by atoms with Crippen molar-refractivity contribution in [1.82, 2.24) is 9.80 Å². The number of amides is 2. The van der Waals surface area contributed by atoms with E-state index in [2.05, 4.69) is 6.58 Å². The molecule has 1 rings (SSSR count). The summed E-state index contributed by atoms with van der Waals surface area (Å²) in [7, 11) is 0. The van der Waals surface area contributed by atoms with E-state index in [0.717, 1.165) is 12.8 Å². The second-order valence-corrected chi connectivity index (χ2v) is 7.40. The van der Waals surface area contributed by atoms with Crippen LogP contribution in [0.3, 0.4) is 0 Å². The van der Waals surface area contributed by atoms with Crippen LogP contribution in [0.25, 0.3) is 0 Å². The van der Waals surface area contributed by atoms with Gasteiger partial charge in [-0.05, 0) is 27.2 Å². The Morgan fingerprint density at radius 3 is 2.52 bits per heavy atom. The molecule has 6 heteroatoms. The Hall–Kier alpha value is -1.17. The van der Waals surface area contributed by atoms with E-state index in [-0.39, 0.29) is 16.9 Å². The number of thioether (sulfide) groups is 1. The Morgan fingerprint density at radius 2 is 2.10 bits per heavy atom. The molecule has 2 unspecified atom stereocenters. The summed E-state index contributed by atoms with van der Waals surface area (Å²) in [6.07, 6.45) is 3.41. The maximum Gasteiger partial charge on any atom is 0.327 e. The van der Waals surface area contributed by atoms with Gasteiger partial charge in [0.1, 0.15) is 6.04 Å². The number of nitrogens with zero attached hydrogens (tertiary/aromatic N) is 2. The van der Waals surface area contributed by atoms with Gasteiger partial charge in [-0.2, -0.15) is 0 Å². The van der Waals surface area contributed by atoms with Crippen LogP contribution in [0.5, 0.6) is 0 Å². The highest BCUT2D eigenvalue weighted by molar-refractivity contribution is 8.00. The number of aliphatic carboxylic acids is 1. The van der Waals surface area contributed by atoms with Gasteiger partial charge < -0.3 is 10.0 Å². The van der Waals surface area contributed by atoms with Crippen molar-refractivity contribution in [2.45, 2.75) is 57.5 Å². The number of carbonyl (C=O) groups is 2. The van der Waals surface area contributed by atoms with E-state index in [1.54, 1.807) is 27.6 Å². The summed E-state index contributed by atoms with van der Waals surface area (Å²) in [4.78, 5) is 27.6. The topological polar surface area (TPSA) is 60.9 Å². The molecule has 21 heavy (non-hydrogen) atoms. The quantitative estimate of drug-likeness (QED) is 0.792. The van der Waals surface area contributed by atoms with Crippen LogP contribution >= 0.6 is 11.8 Å². The maximum absolute atomic E-state index is 12.9. The monoisotopic (exact) mass is 314 g/mol. The fraction of sp³-hybridized carbons (Fsp3) is 0.733. The Morgan fingerprint density at radius 1 is 1.48 bits per heavy atom. The molecule has 1 saturated heterocycles. The van der Waals surface area contributed by atoms with Gasteiger partial charge in [-0.25, -0.2) is 9.59 Å². The number of urea groups is 1. The molecule has 1 heterocycles. The number of hydrogen-bond donors (Lipinski definition) is 1. The van der Waals surface area contributed by atoms with Gasteiger partial charge in [0, 0.05) is 17.8 Å².